The third-order valence-electron chi connectivity index (χ3n) is 4.20. The molecule has 1 aliphatic carbocycles. The number of benzene rings is 1. The molecule has 1 aliphatic rings. The first-order chi connectivity index (χ1) is 9.65. The average molecular weight is 273 g/mol. The van der Waals surface area contributed by atoms with Crippen molar-refractivity contribution in [2.75, 3.05) is 5.32 Å². The highest BCUT2D eigenvalue weighted by molar-refractivity contribution is 5.92. The van der Waals surface area contributed by atoms with Crippen LogP contribution in [0.3, 0.4) is 0 Å². The lowest BCUT2D eigenvalue weighted by Crippen LogP contribution is -2.27. The van der Waals surface area contributed by atoms with Gasteiger partial charge in [-0.15, -0.1) is 0 Å². The van der Waals surface area contributed by atoms with Crippen LogP contribution >= 0.6 is 0 Å². The number of aromatic amines is 2. The molecule has 0 bridgehead atoms. The average Bonchev–Trinajstić information content (AvgIpc) is 2.46. The number of fused-ring (bicyclic) bond motifs is 1. The quantitative estimate of drug-likeness (QED) is 0.785. The van der Waals surface area contributed by atoms with Gasteiger partial charge in [-0.3, -0.25) is 19.8 Å². The monoisotopic (exact) mass is 273 g/mol. The maximum atomic E-state index is 12.0. The Morgan fingerprint density at radius 3 is 2.50 bits per heavy atom. The molecule has 3 N–H and O–H groups in total. The fourth-order valence-corrected chi connectivity index (χ4v) is 2.97. The minimum atomic E-state index is -0.263. The van der Waals surface area contributed by atoms with E-state index in [0.717, 1.165) is 24.4 Å². The molecule has 0 unspecified atom stereocenters. The predicted octanol–water partition coefficient (Wildman–Crippen LogP) is 2.21. The molecule has 1 aromatic carbocycles. The largest absolute Gasteiger partial charge is 0.382 e. The zero-order valence-electron chi connectivity index (χ0n) is 11.5. The van der Waals surface area contributed by atoms with E-state index >= 15 is 0 Å². The molecule has 5 heteroatoms. The third kappa shape index (κ3) is 2.35. The third-order valence-corrected chi connectivity index (χ3v) is 4.20. The van der Waals surface area contributed by atoms with Gasteiger partial charge in [-0.25, -0.2) is 0 Å². The topological polar surface area (TPSA) is 77.8 Å². The van der Waals surface area contributed by atoms with E-state index in [-0.39, 0.29) is 11.1 Å². The molecule has 0 amide bonds. The Balaban J connectivity index is 1.98. The zero-order valence-corrected chi connectivity index (χ0v) is 11.5. The fourth-order valence-electron chi connectivity index (χ4n) is 2.97. The van der Waals surface area contributed by atoms with Crippen LogP contribution in [0.4, 0.5) is 5.69 Å². The first kappa shape index (κ1) is 13.0. The van der Waals surface area contributed by atoms with Crippen molar-refractivity contribution in [3.63, 3.8) is 0 Å². The Kier molecular flexibility index (Phi) is 3.34. The number of nitrogens with one attached hydrogen (secondary N) is 3. The van der Waals surface area contributed by atoms with Crippen molar-refractivity contribution in [2.45, 2.75) is 38.6 Å². The standard InChI is InChI=1S/C15H19N3O2/c1-9-5-7-10(8-6-9)16-12-4-2-3-11-13(12)15(20)18-17-14(11)19/h2-4,9-10,16H,5-8H2,1H3,(H,17,19)(H,18,20). The van der Waals surface area contributed by atoms with E-state index in [1.54, 1.807) is 6.07 Å². The molecule has 3 rings (SSSR count). The summed E-state index contributed by atoms with van der Waals surface area (Å²) in [6.07, 6.45) is 4.63. The van der Waals surface area contributed by atoms with Crippen LogP contribution in [0.15, 0.2) is 27.8 Å². The number of anilines is 1. The second-order valence-electron chi connectivity index (χ2n) is 5.74. The lowest BCUT2D eigenvalue weighted by Gasteiger charge is -2.28. The Bertz CT molecular complexity index is 724. The van der Waals surface area contributed by atoms with E-state index in [2.05, 4.69) is 22.4 Å². The van der Waals surface area contributed by atoms with Crippen molar-refractivity contribution in [1.29, 1.82) is 0 Å². The summed E-state index contributed by atoms with van der Waals surface area (Å²) in [7, 11) is 0. The molecule has 5 nitrogen and oxygen atoms in total. The molecule has 20 heavy (non-hydrogen) atoms. The molecule has 1 heterocycles. The molecule has 0 radical (unpaired) electrons. The molecular formula is C15H19N3O2. The molecular weight excluding hydrogens is 254 g/mol. The molecule has 1 fully saturated rings. The minimum absolute atomic E-state index is 0.258. The van der Waals surface area contributed by atoms with Gasteiger partial charge in [-0.05, 0) is 43.7 Å². The first-order valence-electron chi connectivity index (χ1n) is 7.15. The molecule has 106 valence electrons. The Labute approximate surface area is 116 Å². The number of aromatic nitrogens is 2. The Hall–Kier alpha value is -2.04. The van der Waals surface area contributed by atoms with Crippen LogP contribution in [0.2, 0.25) is 0 Å². The van der Waals surface area contributed by atoms with Crippen molar-refractivity contribution in [1.82, 2.24) is 10.2 Å². The summed E-state index contributed by atoms with van der Waals surface area (Å²) in [6.45, 7) is 2.28. The van der Waals surface area contributed by atoms with Crippen LogP contribution in [0.1, 0.15) is 32.6 Å². The van der Waals surface area contributed by atoms with Gasteiger partial charge in [0.2, 0.25) is 0 Å². The van der Waals surface area contributed by atoms with Crippen LogP contribution in [-0.2, 0) is 0 Å². The number of rotatable bonds is 2. The second kappa shape index (κ2) is 5.15. The number of hydrogen-bond donors (Lipinski definition) is 3. The Morgan fingerprint density at radius 2 is 1.75 bits per heavy atom. The lowest BCUT2D eigenvalue weighted by atomic mass is 9.87. The Morgan fingerprint density at radius 1 is 1.05 bits per heavy atom. The maximum Gasteiger partial charge on any atom is 0.272 e. The van der Waals surface area contributed by atoms with Crippen molar-refractivity contribution < 1.29 is 0 Å². The normalized spacial score (nSPS) is 22.9. The maximum absolute atomic E-state index is 12.0. The fraction of sp³-hybridized carbons (Fsp3) is 0.467. The highest BCUT2D eigenvalue weighted by Gasteiger charge is 2.19. The predicted molar refractivity (Wildman–Crippen MR) is 80.2 cm³/mol. The van der Waals surface area contributed by atoms with Crippen molar-refractivity contribution in [3.8, 4) is 0 Å². The summed E-state index contributed by atoms with van der Waals surface area (Å²) in [6, 6.07) is 5.74. The highest BCUT2D eigenvalue weighted by atomic mass is 16.1. The molecule has 0 aliphatic heterocycles. The van der Waals surface area contributed by atoms with Crippen LogP contribution in [0.5, 0.6) is 0 Å². The molecule has 1 saturated carbocycles. The van der Waals surface area contributed by atoms with E-state index in [4.69, 9.17) is 0 Å². The highest BCUT2D eigenvalue weighted by Crippen LogP contribution is 2.27. The molecule has 0 atom stereocenters. The van der Waals surface area contributed by atoms with Gasteiger partial charge in [0.15, 0.2) is 0 Å². The van der Waals surface area contributed by atoms with Gasteiger partial charge < -0.3 is 5.32 Å². The summed E-state index contributed by atoms with van der Waals surface area (Å²) >= 11 is 0. The van der Waals surface area contributed by atoms with Gasteiger partial charge >= 0.3 is 0 Å². The van der Waals surface area contributed by atoms with Crippen molar-refractivity contribution in [3.05, 3.63) is 38.9 Å². The molecule has 2 aromatic rings. The van der Waals surface area contributed by atoms with E-state index in [9.17, 15) is 9.59 Å². The smallest absolute Gasteiger partial charge is 0.272 e. The van der Waals surface area contributed by atoms with E-state index in [0.29, 0.717) is 16.8 Å². The van der Waals surface area contributed by atoms with Crippen molar-refractivity contribution in [2.24, 2.45) is 5.92 Å². The summed E-state index contributed by atoms with van der Waals surface area (Å²) in [4.78, 5) is 23.7. The molecule has 0 saturated heterocycles. The second-order valence-corrected chi connectivity index (χ2v) is 5.74. The van der Waals surface area contributed by atoms with Gasteiger partial charge in [0.25, 0.3) is 11.1 Å². The van der Waals surface area contributed by atoms with Crippen LogP contribution in [0.25, 0.3) is 10.8 Å². The molecule has 1 aromatic heterocycles. The van der Waals surface area contributed by atoms with E-state index in [1.807, 2.05) is 12.1 Å². The van der Waals surface area contributed by atoms with Crippen LogP contribution in [0, 0.1) is 5.92 Å². The summed E-state index contributed by atoms with van der Waals surface area (Å²) in [5, 5.41) is 9.08. The van der Waals surface area contributed by atoms with Gasteiger partial charge in [-0.1, -0.05) is 13.0 Å². The number of hydrogen-bond acceptors (Lipinski definition) is 3. The summed E-state index contributed by atoms with van der Waals surface area (Å²) in [5.41, 5.74) is 0.238. The summed E-state index contributed by atoms with van der Waals surface area (Å²) in [5.74, 6) is 0.784. The molecule has 0 spiro atoms. The first-order valence-corrected chi connectivity index (χ1v) is 7.15. The lowest BCUT2D eigenvalue weighted by molar-refractivity contribution is 0.361. The van der Waals surface area contributed by atoms with E-state index < -0.39 is 0 Å². The van der Waals surface area contributed by atoms with Gasteiger partial charge in [0, 0.05) is 11.7 Å². The zero-order chi connectivity index (χ0) is 14.1. The van der Waals surface area contributed by atoms with Crippen LogP contribution < -0.4 is 16.4 Å². The summed E-state index contributed by atoms with van der Waals surface area (Å²) < 4.78 is 0. The van der Waals surface area contributed by atoms with Crippen LogP contribution in [-0.4, -0.2) is 16.2 Å². The van der Waals surface area contributed by atoms with Gasteiger partial charge in [0.05, 0.1) is 10.8 Å². The minimum Gasteiger partial charge on any atom is -0.382 e. The SMILES string of the molecule is CC1CCC(Nc2cccc3c(=O)[nH][nH]c(=O)c23)CC1. The van der Waals surface area contributed by atoms with E-state index in [1.165, 1.54) is 12.8 Å². The van der Waals surface area contributed by atoms with Crippen molar-refractivity contribution >= 4 is 16.5 Å². The van der Waals surface area contributed by atoms with Gasteiger partial charge in [0.1, 0.15) is 0 Å². The van der Waals surface area contributed by atoms with Gasteiger partial charge in [-0.2, -0.15) is 0 Å². The number of H-pyrrole nitrogens is 2.